The van der Waals surface area contributed by atoms with E-state index in [0.29, 0.717) is 16.6 Å². The number of benzene rings is 2. The Morgan fingerprint density at radius 2 is 1.82 bits per heavy atom. The van der Waals surface area contributed by atoms with Gasteiger partial charge in [0.2, 0.25) is 0 Å². The minimum atomic E-state index is -0.532. The molecular formula is C23H27BrFNO2. The minimum Gasteiger partial charge on any atom is -0.494 e. The molecule has 0 aliphatic heterocycles. The highest BCUT2D eigenvalue weighted by Gasteiger charge is 2.14. The first-order valence-corrected chi connectivity index (χ1v) is 10.5. The summed E-state index contributed by atoms with van der Waals surface area (Å²) in [4.78, 5) is 12.4. The minimum absolute atomic E-state index is 0.0656. The van der Waals surface area contributed by atoms with E-state index in [4.69, 9.17) is 4.74 Å². The van der Waals surface area contributed by atoms with Crippen LogP contribution in [0, 0.1) is 5.82 Å². The molecular weight excluding hydrogens is 421 g/mol. The molecule has 0 aliphatic rings. The first-order valence-electron chi connectivity index (χ1n) is 9.66. The smallest absolute Gasteiger partial charge is 0.195 e. The molecule has 0 amide bonds. The fourth-order valence-corrected chi connectivity index (χ4v) is 3.09. The molecule has 0 bridgehead atoms. The van der Waals surface area contributed by atoms with Gasteiger partial charge in [-0.05, 0) is 74.8 Å². The van der Waals surface area contributed by atoms with Crippen molar-refractivity contribution in [3.63, 3.8) is 0 Å². The normalized spacial score (nSPS) is 10.6. The summed E-state index contributed by atoms with van der Waals surface area (Å²) in [6.45, 7) is 6.40. The van der Waals surface area contributed by atoms with E-state index in [1.165, 1.54) is 25.0 Å². The number of ether oxygens (including phenoxy) is 1. The molecule has 0 radical (unpaired) electrons. The maximum Gasteiger partial charge on any atom is 0.195 e. The van der Waals surface area contributed by atoms with Crippen LogP contribution in [0.2, 0.25) is 0 Å². The first kappa shape index (κ1) is 22.3. The zero-order valence-electron chi connectivity index (χ0n) is 16.1. The maximum atomic E-state index is 14.0. The lowest BCUT2D eigenvalue weighted by Crippen LogP contribution is -2.15. The third kappa shape index (κ3) is 7.56. The lowest BCUT2D eigenvalue weighted by Gasteiger charge is -2.08. The second-order valence-corrected chi connectivity index (χ2v) is 7.48. The fraction of sp³-hybridized carbons (Fsp3) is 0.348. The zero-order valence-corrected chi connectivity index (χ0v) is 17.6. The Morgan fingerprint density at radius 1 is 1.07 bits per heavy atom. The molecule has 2 aromatic rings. The van der Waals surface area contributed by atoms with Gasteiger partial charge in [-0.2, -0.15) is 0 Å². The van der Waals surface area contributed by atoms with E-state index in [1.807, 2.05) is 6.08 Å². The predicted octanol–water partition coefficient (Wildman–Crippen LogP) is 5.92. The Hall–Kier alpha value is -1.98. The number of carbonyl (C=O) groups excluding carboxylic acids is 1. The highest BCUT2D eigenvalue weighted by atomic mass is 79.9. The van der Waals surface area contributed by atoms with Crippen LogP contribution < -0.4 is 10.1 Å². The Balaban J connectivity index is 1.68. The lowest BCUT2D eigenvalue weighted by atomic mass is 10.0. The molecule has 0 aliphatic carbocycles. The van der Waals surface area contributed by atoms with E-state index in [-0.39, 0.29) is 11.3 Å². The van der Waals surface area contributed by atoms with Crippen molar-refractivity contribution in [1.82, 2.24) is 5.32 Å². The van der Waals surface area contributed by atoms with Gasteiger partial charge in [-0.1, -0.05) is 34.8 Å². The SMILES string of the molecule is C=CCCNCCCCCCOc1ccc(C(=O)c2ccc(Br)cc2F)cc1. The number of hydrogen-bond donors (Lipinski definition) is 1. The van der Waals surface area contributed by atoms with Crippen LogP contribution >= 0.6 is 15.9 Å². The molecule has 0 aromatic heterocycles. The van der Waals surface area contributed by atoms with E-state index in [1.54, 1.807) is 30.3 Å². The van der Waals surface area contributed by atoms with Crippen molar-refractivity contribution in [3.8, 4) is 5.75 Å². The second-order valence-electron chi connectivity index (χ2n) is 6.57. The number of nitrogens with one attached hydrogen (secondary N) is 1. The zero-order chi connectivity index (χ0) is 20.2. The quantitative estimate of drug-likeness (QED) is 0.235. The molecule has 0 heterocycles. The standard InChI is InChI=1S/C23H27BrFNO2/c1-2-3-14-26-15-6-4-5-7-16-28-20-11-8-18(9-12-20)23(27)21-13-10-19(24)17-22(21)25/h2,8-13,17,26H,1,3-7,14-16H2. The van der Waals surface area contributed by atoms with Gasteiger partial charge in [0.25, 0.3) is 0 Å². The average Bonchev–Trinajstić information content (AvgIpc) is 2.69. The van der Waals surface area contributed by atoms with E-state index in [9.17, 15) is 9.18 Å². The summed E-state index contributed by atoms with van der Waals surface area (Å²) in [5.74, 6) is -0.146. The maximum absolute atomic E-state index is 14.0. The monoisotopic (exact) mass is 447 g/mol. The largest absolute Gasteiger partial charge is 0.494 e. The van der Waals surface area contributed by atoms with Crippen LogP contribution in [0.3, 0.4) is 0 Å². The summed E-state index contributed by atoms with van der Waals surface area (Å²) in [6.07, 6.45) is 7.40. The third-order valence-corrected chi connectivity index (χ3v) is 4.83. The molecule has 150 valence electrons. The van der Waals surface area contributed by atoms with Gasteiger partial charge in [0.15, 0.2) is 5.78 Å². The number of halogens is 2. The van der Waals surface area contributed by atoms with Crippen molar-refractivity contribution >= 4 is 21.7 Å². The number of carbonyl (C=O) groups is 1. The van der Waals surface area contributed by atoms with Crippen LogP contribution in [-0.2, 0) is 0 Å². The topological polar surface area (TPSA) is 38.3 Å². The van der Waals surface area contributed by atoms with Crippen molar-refractivity contribution < 1.29 is 13.9 Å². The lowest BCUT2D eigenvalue weighted by molar-refractivity contribution is 0.103. The second kappa shape index (κ2) is 12.5. The van der Waals surface area contributed by atoms with E-state index >= 15 is 0 Å². The van der Waals surface area contributed by atoms with E-state index < -0.39 is 5.82 Å². The molecule has 0 saturated heterocycles. The number of hydrogen-bond acceptors (Lipinski definition) is 3. The van der Waals surface area contributed by atoms with Gasteiger partial charge >= 0.3 is 0 Å². The molecule has 5 heteroatoms. The summed E-state index contributed by atoms with van der Waals surface area (Å²) in [7, 11) is 0. The average molecular weight is 448 g/mol. The molecule has 1 N–H and O–H groups in total. The molecule has 3 nitrogen and oxygen atoms in total. The summed E-state index contributed by atoms with van der Waals surface area (Å²) < 4.78 is 20.3. The molecule has 0 atom stereocenters. The van der Waals surface area contributed by atoms with Crippen LogP contribution in [0.25, 0.3) is 0 Å². The van der Waals surface area contributed by atoms with Crippen LogP contribution in [0.4, 0.5) is 4.39 Å². The molecule has 0 spiro atoms. The summed E-state index contributed by atoms with van der Waals surface area (Å²) in [6, 6.07) is 11.3. The molecule has 0 unspecified atom stereocenters. The number of ketones is 1. The van der Waals surface area contributed by atoms with Gasteiger partial charge < -0.3 is 10.1 Å². The van der Waals surface area contributed by atoms with Gasteiger partial charge in [-0.25, -0.2) is 4.39 Å². The Kier molecular flexibility index (Phi) is 9.94. The van der Waals surface area contributed by atoms with Crippen LogP contribution in [-0.4, -0.2) is 25.5 Å². The van der Waals surface area contributed by atoms with Crippen molar-refractivity contribution in [3.05, 3.63) is 76.5 Å². The third-order valence-electron chi connectivity index (χ3n) is 4.33. The van der Waals surface area contributed by atoms with Gasteiger partial charge in [-0.3, -0.25) is 4.79 Å². The van der Waals surface area contributed by atoms with Crippen molar-refractivity contribution in [1.29, 1.82) is 0 Å². The predicted molar refractivity (Wildman–Crippen MR) is 116 cm³/mol. The van der Waals surface area contributed by atoms with Crippen molar-refractivity contribution in [2.24, 2.45) is 0 Å². The van der Waals surface area contributed by atoms with E-state index in [2.05, 4.69) is 27.8 Å². The summed E-state index contributed by atoms with van der Waals surface area (Å²) in [5, 5.41) is 3.38. The summed E-state index contributed by atoms with van der Waals surface area (Å²) in [5.41, 5.74) is 0.508. The fourth-order valence-electron chi connectivity index (χ4n) is 2.76. The Morgan fingerprint density at radius 3 is 2.54 bits per heavy atom. The van der Waals surface area contributed by atoms with Crippen molar-refractivity contribution in [2.45, 2.75) is 32.1 Å². The van der Waals surface area contributed by atoms with Crippen molar-refractivity contribution in [2.75, 3.05) is 19.7 Å². The molecule has 2 aromatic carbocycles. The molecule has 0 fully saturated rings. The number of rotatable bonds is 13. The number of unbranched alkanes of at least 4 members (excludes halogenated alkanes) is 3. The highest BCUT2D eigenvalue weighted by molar-refractivity contribution is 9.10. The van der Waals surface area contributed by atoms with Crippen LogP contribution in [0.15, 0.2) is 59.6 Å². The van der Waals surface area contributed by atoms with Gasteiger partial charge in [0.05, 0.1) is 12.2 Å². The Labute approximate surface area is 175 Å². The molecule has 2 rings (SSSR count). The van der Waals surface area contributed by atoms with Crippen LogP contribution in [0.1, 0.15) is 48.0 Å². The molecule has 0 saturated carbocycles. The highest BCUT2D eigenvalue weighted by Crippen LogP contribution is 2.20. The first-order chi connectivity index (χ1) is 13.6. The summed E-state index contributed by atoms with van der Waals surface area (Å²) >= 11 is 3.19. The van der Waals surface area contributed by atoms with Gasteiger partial charge in [0, 0.05) is 10.0 Å². The van der Waals surface area contributed by atoms with Gasteiger partial charge in [0.1, 0.15) is 11.6 Å². The van der Waals surface area contributed by atoms with E-state index in [0.717, 1.165) is 38.1 Å². The van der Waals surface area contributed by atoms with Gasteiger partial charge in [-0.15, -0.1) is 6.58 Å². The molecule has 28 heavy (non-hydrogen) atoms. The Bertz CT molecular complexity index is 762. The van der Waals surface area contributed by atoms with Crippen LogP contribution in [0.5, 0.6) is 5.75 Å².